The fourth-order valence-electron chi connectivity index (χ4n) is 1.93. The number of aliphatic hydroxyl groups excluding tert-OH is 1. The Morgan fingerprint density at radius 2 is 2.37 bits per heavy atom. The molecule has 106 valence electrons. The molecule has 1 saturated heterocycles. The zero-order valence-electron chi connectivity index (χ0n) is 10.4. The van der Waals surface area contributed by atoms with Crippen LogP contribution in [-0.4, -0.2) is 54.7 Å². The average Bonchev–Trinajstić information content (AvgIpc) is 2.39. The smallest absolute Gasteiger partial charge is 0.246 e. The van der Waals surface area contributed by atoms with Crippen LogP contribution in [-0.2, 0) is 14.8 Å². The number of aliphatic hydroxyl groups is 1. The molecule has 0 aliphatic carbocycles. The lowest BCUT2D eigenvalue weighted by molar-refractivity contribution is -0.0516. The zero-order valence-corrected chi connectivity index (χ0v) is 11.9. The molecule has 0 radical (unpaired) electrons. The predicted octanol–water partition coefficient (Wildman–Crippen LogP) is 0.505. The van der Waals surface area contributed by atoms with Crippen LogP contribution in [0, 0.1) is 0 Å². The van der Waals surface area contributed by atoms with Crippen LogP contribution in [0.3, 0.4) is 0 Å². The molecule has 2 unspecified atom stereocenters. The summed E-state index contributed by atoms with van der Waals surface area (Å²) >= 11 is 5.85. The van der Waals surface area contributed by atoms with Crippen molar-refractivity contribution >= 4 is 21.6 Å². The summed E-state index contributed by atoms with van der Waals surface area (Å²) in [5, 5.41) is 9.05. The molecule has 1 aromatic rings. The van der Waals surface area contributed by atoms with E-state index >= 15 is 0 Å². The van der Waals surface area contributed by atoms with E-state index in [1.807, 2.05) is 0 Å². The minimum absolute atomic E-state index is 0.0258. The fourth-order valence-corrected chi connectivity index (χ4v) is 4.01. The van der Waals surface area contributed by atoms with Gasteiger partial charge in [0.2, 0.25) is 10.0 Å². The van der Waals surface area contributed by atoms with Crippen molar-refractivity contribution in [1.82, 2.24) is 9.29 Å². The molecule has 0 spiro atoms. The molecular weight excluding hydrogens is 292 g/mol. The number of aromatic nitrogens is 1. The molecule has 0 bridgehead atoms. The van der Waals surface area contributed by atoms with Gasteiger partial charge in [0.05, 0.1) is 19.3 Å². The molecule has 8 heteroatoms. The van der Waals surface area contributed by atoms with Crippen molar-refractivity contribution in [2.75, 3.05) is 19.8 Å². The van der Waals surface area contributed by atoms with Crippen LogP contribution in [0.2, 0.25) is 5.15 Å². The molecule has 19 heavy (non-hydrogen) atoms. The largest absolute Gasteiger partial charge is 0.394 e. The third kappa shape index (κ3) is 2.90. The van der Waals surface area contributed by atoms with Crippen LogP contribution in [0.25, 0.3) is 0 Å². The zero-order chi connectivity index (χ0) is 14.0. The highest BCUT2D eigenvalue weighted by molar-refractivity contribution is 7.89. The van der Waals surface area contributed by atoms with Crippen molar-refractivity contribution in [3.63, 3.8) is 0 Å². The Kier molecular flexibility index (Phi) is 4.42. The van der Waals surface area contributed by atoms with E-state index < -0.39 is 16.1 Å². The van der Waals surface area contributed by atoms with E-state index in [9.17, 15) is 8.42 Å². The quantitative estimate of drug-likeness (QED) is 0.823. The van der Waals surface area contributed by atoms with Gasteiger partial charge in [-0.3, -0.25) is 0 Å². The van der Waals surface area contributed by atoms with E-state index in [1.54, 1.807) is 6.92 Å². The summed E-state index contributed by atoms with van der Waals surface area (Å²) in [6, 6.07) is 2.62. The minimum Gasteiger partial charge on any atom is -0.394 e. The van der Waals surface area contributed by atoms with Crippen molar-refractivity contribution in [1.29, 1.82) is 0 Å². The molecule has 1 fully saturated rings. The van der Waals surface area contributed by atoms with Gasteiger partial charge < -0.3 is 9.84 Å². The van der Waals surface area contributed by atoms with Crippen molar-refractivity contribution in [2.24, 2.45) is 0 Å². The van der Waals surface area contributed by atoms with Crippen molar-refractivity contribution < 1.29 is 18.3 Å². The number of pyridine rings is 1. The summed E-state index contributed by atoms with van der Waals surface area (Å²) in [5.41, 5.74) is 0. The summed E-state index contributed by atoms with van der Waals surface area (Å²) < 4.78 is 31.7. The Hall–Kier alpha value is -0.730. The molecule has 2 atom stereocenters. The number of nitrogens with zero attached hydrogens (tertiary/aromatic N) is 2. The van der Waals surface area contributed by atoms with E-state index in [2.05, 4.69) is 4.98 Å². The van der Waals surface area contributed by atoms with E-state index in [0.29, 0.717) is 0 Å². The highest BCUT2D eigenvalue weighted by Gasteiger charge is 2.36. The van der Waals surface area contributed by atoms with Gasteiger partial charge in [0, 0.05) is 18.8 Å². The molecule has 1 aliphatic heterocycles. The first kappa shape index (κ1) is 14.7. The Balaban J connectivity index is 2.36. The lowest BCUT2D eigenvalue weighted by atomic mass is 10.2. The Morgan fingerprint density at radius 3 is 3.00 bits per heavy atom. The molecular formula is C11H15ClN2O4S. The second kappa shape index (κ2) is 5.72. The second-order valence-electron chi connectivity index (χ2n) is 4.35. The van der Waals surface area contributed by atoms with E-state index in [1.165, 1.54) is 22.6 Å². The van der Waals surface area contributed by atoms with Gasteiger partial charge in [-0.25, -0.2) is 13.4 Å². The summed E-state index contributed by atoms with van der Waals surface area (Å²) in [4.78, 5) is 3.76. The van der Waals surface area contributed by atoms with Gasteiger partial charge in [0.15, 0.2) is 0 Å². The summed E-state index contributed by atoms with van der Waals surface area (Å²) in [6.07, 6.45) is 0.919. The van der Waals surface area contributed by atoms with Gasteiger partial charge >= 0.3 is 0 Å². The average molecular weight is 307 g/mol. The van der Waals surface area contributed by atoms with Gasteiger partial charge in [-0.1, -0.05) is 11.6 Å². The van der Waals surface area contributed by atoms with E-state index in [0.717, 1.165) is 0 Å². The molecule has 6 nitrogen and oxygen atoms in total. The third-order valence-electron chi connectivity index (χ3n) is 2.96. The monoisotopic (exact) mass is 306 g/mol. The summed E-state index contributed by atoms with van der Waals surface area (Å²) in [7, 11) is -3.74. The van der Waals surface area contributed by atoms with Crippen LogP contribution < -0.4 is 0 Å². The van der Waals surface area contributed by atoms with Crippen LogP contribution in [0.4, 0.5) is 0 Å². The Morgan fingerprint density at radius 1 is 1.63 bits per heavy atom. The standard InChI is InChI=1S/C11H15ClN2O4S/c1-8-7-18-9(6-15)5-14(8)19(16,17)10-3-2-4-13-11(10)12/h2-4,8-9,15H,5-7H2,1H3. The number of rotatable bonds is 3. The van der Waals surface area contributed by atoms with Crippen molar-refractivity contribution in [3.05, 3.63) is 23.5 Å². The van der Waals surface area contributed by atoms with Gasteiger partial charge in [0.25, 0.3) is 0 Å². The van der Waals surface area contributed by atoms with Gasteiger partial charge in [-0.2, -0.15) is 4.31 Å². The summed E-state index contributed by atoms with van der Waals surface area (Å²) in [5.74, 6) is 0. The Bertz CT molecular complexity index is 551. The number of morpholine rings is 1. The Labute approximate surface area is 117 Å². The van der Waals surface area contributed by atoms with Gasteiger partial charge in [0.1, 0.15) is 10.0 Å². The number of sulfonamides is 1. The first-order valence-corrected chi connectivity index (χ1v) is 7.63. The highest BCUT2D eigenvalue weighted by atomic mass is 35.5. The number of ether oxygens (including phenoxy) is 1. The van der Waals surface area contributed by atoms with Crippen LogP contribution >= 0.6 is 11.6 Å². The molecule has 1 aromatic heterocycles. The second-order valence-corrected chi connectivity index (χ2v) is 6.57. The van der Waals surface area contributed by atoms with E-state index in [-0.39, 0.29) is 35.8 Å². The maximum absolute atomic E-state index is 12.5. The van der Waals surface area contributed by atoms with Crippen molar-refractivity contribution in [2.45, 2.75) is 24.0 Å². The third-order valence-corrected chi connectivity index (χ3v) is 5.39. The van der Waals surface area contributed by atoms with Crippen LogP contribution in [0.15, 0.2) is 23.2 Å². The molecule has 0 aromatic carbocycles. The number of hydrogen-bond donors (Lipinski definition) is 1. The normalized spacial score (nSPS) is 25.4. The SMILES string of the molecule is CC1COC(CO)CN1S(=O)(=O)c1cccnc1Cl. The molecule has 2 rings (SSSR count). The van der Waals surface area contributed by atoms with Gasteiger partial charge in [-0.05, 0) is 19.1 Å². The molecule has 0 saturated carbocycles. The summed E-state index contributed by atoms with van der Waals surface area (Å²) in [6.45, 7) is 1.86. The molecule has 2 heterocycles. The first-order valence-electron chi connectivity index (χ1n) is 5.81. The van der Waals surface area contributed by atoms with Gasteiger partial charge in [-0.15, -0.1) is 0 Å². The fraction of sp³-hybridized carbons (Fsp3) is 0.545. The molecule has 1 N–H and O–H groups in total. The van der Waals surface area contributed by atoms with Crippen LogP contribution in [0.1, 0.15) is 6.92 Å². The number of halogens is 1. The topological polar surface area (TPSA) is 79.7 Å². The van der Waals surface area contributed by atoms with Crippen LogP contribution in [0.5, 0.6) is 0 Å². The maximum Gasteiger partial charge on any atom is 0.246 e. The molecule has 1 aliphatic rings. The lowest BCUT2D eigenvalue weighted by Crippen LogP contribution is -2.51. The molecule has 0 amide bonds. The first-order chi connectivity index (χ1) is 8.96. The van der Waals surface area contributed by atoms with Crippen molar-refractivity contribution in [3.8, 4) is 0 Å². The predicted molar refractivity (Wildman–Crippen MR) is 69.4 cm³/mol. The maximum atomic E-state index is 12.5. The number of hydrogen-bond acceptors (Lipinski definition) is 5. The lowest BCUT2D eigenvalue weighted by Gasteiger charge is -2.36. The van der Waals surface area contributed by atoms with E-state index in [4.69, 9.17) is 21.4 Å². The highest BCUT2D eigenvalue weighted by Crippen LogP contribution is 2.26. The minimum atomic E-state index is -3.74.